The summed E-state index contributed by atoms with van der Waals surface area (Å²) in [5.41, 5.74) is 0.733. The first-order chi connectivity index (χ1) is 13.1. The molecule has 4 atom stereocenters. The molecule has 1 heterocycles. The van der Waals surface area contributed by atoms with Crippen molar-refractivity contribution in [3.05, 3.63) is 72.3 Å². The average molecular weight is 359 g/mol. The number of imide groups is 1. The first kappa shape index (κ1) is 16.0. The Morgan fingerprint density at radius 3 is 2.22 bits per heavy atom. The Labute approximate surface area is 156 Å². The van der Waals surface area contributed by atoms with E-state index in [1.165, 1.54) is 4.90 Å². The fourth-order valence-electron chi connectivity index (χ4n) is 4.58. The Balaban J connectivity index is 1.42. The molecule has 0 N–H and O–H groups in total. The van der Waals surface area contributed by atoms with E-state index in [1.807, 2.05) is 6.07 Å². The van der Waals surface area contributed by atoms with Gasteiger partial charge in [-0.25, -0.2) is 9.69 Å². The minimum absolute atomic E-state index is 0.157. The molecule has 0 spiro atoms. The monoisotopic (exact) mass is 359 g/mol. The highest BCUT2D eigenvalue weighted by Gasteiger charge is 2.59. The number of nitrogens with zero attached hydrogens (tertiary/aromatic N) is 1. The predicted octanol–water partition coefficient (Wildman–Crippen LogP) is 3.22. The van der Waals surface area contributed by atoms with E-state index in [0.717, 1.165) is 6.42 Å². The van der Waals surface area contributed by atoms with Crippen LogP contribution in [0.2, 0.25) is 0 Å². The lowest BCUT2D eigenvalue weighted by molar-refractivity contribution is -0.123. The van der Waals surface area contributed by atoms with Crippen LogP contribution in [0.15, 0.2) is 66.7 Å². The number of allylic oxidation sites excluding steroid dienone is 2. The topological polar surface area (TPSA) is 63.7 Å². The average Bonchev–Trinajstić information content (AvgIpc) is 3.36. The van der Waals surface area contributed by atoms with Crippen molar-refractivity contribution in [1.82, 2.24) is 0 Å². The lowest BCUT2D eigenvalue weighted by Gasteiger charge is -2.18. The standard InChI is InChI=1S/C22H17NO4/c24-20-18-13-9-10-14(11-13)19(18)21(25)23(20)16-6-4-5-15(12-16)22(26)27-17-7-2-1-3-8-17/h1-10,12-14,18-19H,11H2/t13-,14-,18-,19-/m0/s1. The number of carbonyl (C=O) groups is 3. The molecule has 1 saturated heterocycles. The van der Waals surface area contributed by atoms with E-state index in [0.29, 0.717) is 17.0 Å². The number of hydrogen-bond acceptors (Lipinski definition) is 4. The third-order valence-corrected chi connectivity index (χ3v) is 5.76. The van der Waals surface area contributed by atoms with Gasteiger partial charge < -0.3 is 4.74 Å². The Hall–Kier alpha value is -3.21. The first-order valence-corrected chi connectivity index (χ1v) is 9.07. The summed E-state index contributed by atoms with van der Waals surface area (Å²) in [6.45, 7) is 0. The third-order valence-electron chi connectivity index (χ3n) is 5.76. The molecule has 5 rings (SSSR count). The summed E-state index contributed by atoms with van der Waals surface area (Å²) < 4.78 is 5.35. The van der Waals surface area contributed by atoms with Gasteiger partial charge in [0.1, 0.15) is 5.75 Å². The quantitative estimate of drug-likeness (QED) is 0.365. The zero-order valence-corrected chi connectivity index (χ0v) is 14.4. The number of esters is 1. The van der Waals surface area contributed by atoms with Crippen LogP contribution in [-0.4, -0.2) is 17.8 Å². The Bertz CT molecular complexity index is 951. The van der Waals surface area contributed by atoms with Crippen molar-refractivity contribution in [2.24, 2.45) is 23.7 Å². The lowest BCUT2D eigenvalue weighted by Crippen LogP contribution is -2.33. The molecule has 2 fully saturated rings. The largest absolute Gasteiger partial charge is 0.423 e. The van der Waals surface area contributed by atoms with Crippen molar-refractivity contribution in [3.8, 4) is 5.75 Å². The van der Waals surface area contributed by atoms with Gasteiger partial charge in [-0.15, -0.1) is 0 Å². The molecule has 2 amide bonds. The number of fused-ring (bicyclic) bond motifs is 5. The summed E-state index contributed by atoms with van der Waals surface area (Å²) in [6, 6.07) is 15.3. The van der Waals surface area contributed by atoms with E-state index in [2.05, 4.69) is 12.2 Å². The minimum Gasteiger partial charge on any atom is -0.423 e. The molecule has 1 aliphatic heterocycles. The number of anilines is 1. The number of ether oxygens (including phenoxy) is 1. The molecule has 2 aliphatic carbocycles. The molecule has 2 bridgehead atoms. The Kier molecular flexibility index (Phi) is 3.50. The minimum atomic E-state index is -0.524. The van der Waals surface area contributed by atoms with Crippen molar-refractivity contribution in [3.63, 3.8) is 0 Å². The molecule has 2 aromatic rings. The van der Waals surface area contributed by atoms with Gasteiger partial charge in [-0.3, -0.25) is 9.59 Å². The molecule has 5 heteroatoms. The molecular weight excluding hydrogens is 342 g/mol. The summed E-state index contributed by atoms with van der Waals surface area (Å²) in [7, 11) is 0. The zero-order valence-electron chi connectivity index (χ0n) is 14.4. The number of benzene rings is 2. The van der Waals surface area contributed by atoms with Crippen LogP contribution in [0.5, 0.6) is 5.75 Å². The second-order valence-electron chi connectivity index (χ2n) is 7.26. The van der Waals surface area contributed by atoms with Crippen LogP contribution in [0.4, 0.5) is 5.69 Å². The molecule has 5 nitrogen and oxygen atoms in total. The normalized spacial score (nSPS) is 27.9. The highest BCUT2D eigenvalue weighted by molar-refractivity contribution is 6.23. The van der Waals surface area contributed by atoms with Crippen LogP contribution in [0, 0.1) is 23.7 Å². The molecule has 134 valence electrons. The second-order valence-corrected chi connectivity index (χ2v) is 7.26. The Morgan fingerprint density at radius 1 is 0.889 bits per heavy atom. The number of hydrogen-bond donors (Lipinski definition) is 0. The molecular formula is C22H17NO4. The molecule has 0 radical (unpaired) electrons. The maximum Gasteiger partial charge on any atom is 0.343 e. The molecule has 0 aromatic heterocycles. The summed E-state index contributed by atoms with van der Waals surface area (Å²) in [5, 5.41) is 0. The van der Waals surface area contributed by atoms with Crippen molar-refractivity contribution < 1.29 is 19.1 Å². The molecule has 3 aliphatic rings. The number of carbonyl (C=O) groups excluding carboxylic acids is 3. The SMILES string of the molecule is O=C(Oc1ccccc1)c1cccc(N2C(=O)[C@@H]3[C@@H](C2=O)[C@H]2C=C[C@H]3C2)c1. The van der Waals surface area contributed by atoms with Crippen LogP contribution >= 0.6 is 0 Å². The summed E-state index contributed by atoms with van der Waals surface area (Å²) in [5.74, 6) is -0.589. The molecule has 2 aromatic carbocycles. The van der Waals surface area contributed by atoms with Gasteiger partial charge >= 0.3 is 5.97 Å². The van der Waals surface area contributed by atoms with Gasteiger partial charge in [0, 0.05) is 0 Å². The van der Waals surface area contributed by atoms with Crippen LogP contribution in [-0.2, 0) is 9.59 Å². The van der Waals surface area contributed by atoms with Crippen LogP contribution < -0.4 is 9.64 Å². The number of rotatable bonds is 3. The number of amides is 2. The van der Waals surface area contributed by atoms with Crippen molar-refractivity contribution >= 4 is 23.5 Å². The summed E-state index contributed by atoms with van der Waals surface area (Å²) >= 11 is 0. The van der Waals surface area contributed by atoms with E-state index in [-0.39, 0.29) is 35.5 Å². The molecule has 1 saturated carbocycles. The highest BCUT2D eigenvalue weighted by atomic mass is 16.5. The van der Waals surface area contributed by atoms with Gasteiger partial charge in [0.15, 0.2) is 0 Å². The van der Waals surface area contributed by atoms with Gasteiger partial charge in [-0.1, -0.05) is 36.4 Å². The fourth-order valence-corrected chi connectivity index (χ4v) is 4.58. The van der Waals surface area contributed by atoms with Gasteiger partial charge in [0.05, 0.1) is 23.1 Å². The van der Waals surface area contributed by atoms with E-state index in [1.54, 1.807) is 48.5 Å². The molecule has 27 heavy (non-hydrogen) atoms. The van der Waals surface area contributed by atoms with E-state index in [4.69, 9.17) is 4.74 Å². The van der Waals surface area contributed by atoms with E-state index >= 15 is 0 Å². The molecule has 0 unspecified atom stereocenters. The van der Waals surface area contributed by atoms with E-state index in [9.17, 15) is 14.4 Å². The van der Waals surface area contributed by atoms with Gasteiger partial charge in [0.2, 0.25) is 11.8 Å². The number of para-hydroxylation sites is 1. The van der Waals surface area contributed by atoms with Crippen molar-refractivity contribution in [1.29, 1.82) is 0 Å². The Morgan fingerprint density at radius 2 is 1.56 bits per heavy atom. The van der Waals surface area contributed by atoms with E-state index < -0.39 is 5.97 Å². The maximum atomic E-state index is 12.9. The van der Waals surface area contributed by atoms with Gasteiger partial charge in [0.25, 0.3) is 0 Å². The summed E-state index contributed by atoms with van der Waals surface area (Å²) in [6.07, 6.45) is 5.02. The fraction of sp³-hybridized carbons (Fsp3) is 0.227. The first-order valence-electron chi connectivity index (χ1n) is 9.07. The maximum absolute atomic E-state index is 12.9. The third kappa shape index (κ3) is 2.42. The second kappa shape index (κ2) is 5.91. The van der Waals surface area contributed by atoms with Crippen LogP contribution in [0.3, 0.4) is 0 Å². The van der Waals surface area contributed by atoms with Crippen molar-refractivity contribution in [2.45, 2.75) is 6.42 Å². The van der Waals surface area contributed by atoms with Crippen molar-refractivity contribution in [2.75, 3.05) is 4.90 Å². The summed E-state index contributed by atoms with van der Waals surface area (Å²) in [4.78, 5) is 39.5. The van der Waals surface area contributed by atoms with Gasteiger partial charge in [-0.2, -0.15) is 0 Å². The highest BCUT2D eigenvalue weighted by Crippen LogP contribution is 2.53. The predicted molar refractivity (Wildman–Crippen MR) is 98.1 cm³/mol. The van der Waals surface area contributed by atoms with Crippen LogP contribution in [0.25, 0.3) is 0 Å². The van der Waals surface area contributed by atoms with Crippen LogP contribution in [0.1, 0.15) is 16.8 Å². The zero-order chi connectivity index (χ0) is 18.5. The van der Waals surface area contributed by atoms with Gasteiger partial charge in [-0.05, 0) is 48.6 Å². The lowest BCUT2D eigenvalue weighted by atomic mass is 9.85. The smallest absolute Gasteiger partial charge is 0.343 e.